The zero-order valence-electron chi connectivity index (χ0n) is 9.97. The second-order valence-electron chi connectivity index (χ2n) is 3.52. The van der Waals surface area contributed by atoms with Crippen molar-refractivity contribution < 1.29 is 38.1 Å². The van der Waals surface area contributed by atoms with Gasteiger partial charge in [0, 0.05) is 7.11 Å². The van der Waals surface area contributed by atoms with Crippen LogP contribution in [0.5, 0.6) is 0 Å². The molecule has 0 saturated carbocycles. The van der Waals surface area contributed by atoms with E-state index in [1.807, 2.05) is 0 Å². The number of carbonyl (C=O) groups is 3. The number of hydrogen-bond acceptors (Lipinski definition) is 8. The number of methoxy groups -OCH3 is 1. The summed E-state index contributed by atoms with van der Waals surface area (Å²) in [5, 5.41) is 0. The first-order chi connectivity index (χ1) is 9.23. The minimum Gasteiger partial charge on any atom is -0.458 e. The highest BCUT2D eigenvalue weighted by molar-refractivity contribution is 6.18. The molecule has 8 nitrogen and oxygen atoms in total. The predicted octanol–water partition coefficient (Wildman–Crippen LogP) is -0.779. The van der Waals surface area contributed by atoms with E-state index < -0.39 is 30.7 Å². The van der Waals surface area contributed by atoms with Gasteiger partial charge < -0.3 is 23.7 Å². The van der Waals surface area contributed by atoms with E-state index >= 15 is 0 Å². The molecule has 0 aliphatic carbocycles. The summed E-state index contributed by atoms with van der Waals surface area (Å²) in [4.78, 5) is 31.5. The molecule has 1 aliphatic heterocycles. The molecule has 1 saturated heterocycles. The summed E-state index contributed by atoms with van der Waals surface area (Å²) in [6.07, 6.45) is -4.91. The second-order valence-corrected chi connectivity index (χ2v) is 3.83. The molecule has 19 heavy (non-hydrogen) atoms. The van der Waals surface area contributed by atoms with Gasteiger partial charge in [-0.3, -0.25) is 14.4 Å². The van der Waals surface area contributed by atoms with Gasteiger partial charge in [0.1, 0.15) is 6.10 Å². The molecule has 5 atom stereocenters. The quantitative estimate of drug-likeness (QED) is 0.327. The summed E-state index contributed by atoms with van der Waals surface area (Å²) >= 11 is 5.69. The third-order valence-electron chi connectivity index (χ3n) is 2.61. The minimum absolute atomic E-state index is 0.0368. The Bertz CT molecular complexity index is 288. The van der Waals surface area contributed by atoms with Crippen molar-refractivity contribution in [2.24, 2.45) is 0 Å². The molecule has 0 aromatic carbocycles. The summed E-state index contributed by atoms with van der Waals surface area (Å²) in [6, 6.07) is 0. The van der Waals surface area contributed by atoms with Crippen LogP contribution in [0.15, 0.2) is 0 Å². The van der Waals surface area contributed by atoms with Gasteiger partial charge in [0.25, 0.3) is 19.4 Å². The number of ether oxygens (including phenoxy) is 5. The number of carbonyl (C=O) groups excluding carboxylic acids is 3. The van der Waals surface area contributed by atoms with E-state index in [9.17, 15) is 14.4 Å². The van der Waals surface area contributed by atoms with Crippen molar-refractivity contribution in [3.8, 4) is 0 Å². The van der Waals surface area contributed by atoms with Gasteiger partial charge in [-0.05, 0) is 0 Å². The second kappa shape index (κ2) is 7.93. The average molecular weight is 297 g/mol. The van der Waals surface area contributed by atoms with Crippen LogP contribution >= 0.6 is 11.6 Å². The molecule has 1 fully saturated rings. The van der Waals surface area contributed by atoms with Crippen LogP contribution in [0.2, 0.25) is 0 Å². The number of rotatable bonds is 8. The molecule has 0 N–H and O–H groups in total. The molecular weight excluding hydrogens is 284 g/mol. The van der Waals surface area contributed by atoms with Crippen LogP contribution in [0.3, 0.4) is 0 Å². The lowest BCUT2D eigenvalue weighted by Gasteiger charge is -2.42. The highest BCUT2D eigenvalue weighted by Gasteiger charge is 2.50. The lowest BCUT2D eigenvalue weighted by atomic mass is 9.99. The maximum absolute atomic E-state index is 10.5. The first-order valence-corrected chi connectivity index (χ1v) is 5.78. The molecule has 0 unspecified atom stereocenters. The Balaban J connectivity index is 3.00. The number of alkyl halides is 1. The standard InChI is InChI=1S/C10H13ClO8/c1-15-10-9(18-5-14)8(17-4-13)7(16-3-12)6(2-11)19-10/h3-10H,2H2,1H3/t6-,7+,8+,9-,10+/m1/s1. The van der Waals surface area contributed by atoms with Gasteiger partial charge in [-0.1, -0.05) is 0 Å². The van der Waals surface area contributed by atoms with Crippen molar-refractivity contribution in [3.05, 3.63) is 0 Å². The van der Waals surface area contributed by atoms with Gasteiger partial charge in [-0.2, -0.15) is 0 Å². The van der Waals surface area contributed by atoms with Crippen molar-refractivity contribution >= 4 is 31.0 Å². The molecule has 9 heteroatoms. The van der Waals surface area contributed by atoms with Gasteiger partial charge in [-0.25, -0.2) is 0 Å². The molecule has 0 amide bonds. The van der Waals surface area contributed by atoms with E-state index in [0.29, 0.717) is 0 Å². The Hall–Kier alpha value is -1.38. The van der Waals surface area contributed by atoms with Crippen LogP contribution in [0.25, 0.3) is 0 Å². The summed E-state index contributed by atoms with van der Waals surface area (Å²) in [5.41, 5.74) is 0. The summed E-state index contributed by atoms with van der Waals surface area (Å²) in [7, 11) is 1.32. The molecule has 108 valence electrons. The fourth-order valence-corrected chi connectivity index (χ4v) is 2.10. The van der Waals surface area contributed by atoms with Crippen molar-refractivity contribution in [2.75, 3.05) is 13.0 Å². The first kappa shape index (κ1) is 15.7. The highest BCUT2D eigenvalue weighted by Crippen LogP contribution is 2.28. The lowest BCUT2D eigenvalue weighted by molar-refractivity contribution is -0.288. The SMILES string of the molecule is CO[C@H]1O[C@H](CCl)[C@H](OC=O)[C@H](OC=O)[C@H]1OC=O. The van der Waals surface area contributed by atoms with E-state index in [-0.39, 0.29) is 25.3 Å². The van der Waals surface area contributed by atoms with E-state index in [2.05, 4.69) is 0 Å². The summed E-state index contributed by atoms with van der Waals surface area (Å²) < 4.78 is 24.7. The number of halogens is 1. The smallest absolute Gasteiger partial charge is 0.293 e. The molecule has 1 aliphatic rings. The molecular formula is C10H13ClO8. The fraction of sp³-hybridized carbons (Fsp3) is 0.700. The van der Waals surface area contributed by atoms with Gasteiger partial charge in [0.05, 0.1) is 5.88 Å². The third-order valence-corrected chi connectivity index (χ3v) is 2.92. The van der Waals surface area contributed by atoms with Gasteiger partial charge >= 0.3 is 0 Å². The summed E-state index contributed by atoms with van der Waals surface area (Å²) in [6.45, 7) is 0.469. The van der Waals surface area contributed by atoms with E-state index in [4.69, 9.17) is 35.3 Å². The van der Waals surface area contributed by atoms with Crippen LogP contribution in [0, 0.1) is 0 Å². The van der Waals surface area contributed by atoms with Gasteiger partial charge in [0.15, 0.2) is 24.6 Å². The fourth-order valence-electron chi connectivity index (χ4n) is 1.85. The monoisotopic (exact) mass is 296 g/mol. The summed E-state index contributed by atoms with van der Waals surface area (Å²) in [5.74, 6) is -0.0368. The van der Waals surface area contributed by atoms with Crippen LogP contribution in [0.4, 0.5) is 0 Å². The lowest BCUT2D eigenvalue weighted by Crippen LogP contribution is -2.61. The number of hydrogen-bond donors (Lipinski definition) is 0. The van der Waals surface area contributed by atoms with Crippen molar-refractivity contribution in [3.63, 3.8) is 0 Å². The normalized spacial score (nSPS) is 34.1. The van der Waals surface area contributed by atoms with Crippen LogP contribution < -0.4 is 0 Å². The van der Waals surface area contributed by atoms with Crippen LogP contribution in [0.1, 0.15) is 0 Å². The molecule has 0 radical (unpaired) electrons. The van der Waals surface area contributed by atoms with Crippen molar-refractivity contribution in [1.29, 1.82) is 0 Å². The van der Waals surface area contributed by atoms with Gasteiger partial charge in [-0.15, -0.1) is 11.6 Å². The van der Waals surface area contributed by atoms with Crippen molar-refractivity contribution in [2.45, 2.75) is 30.7 Å². The third kappa shape index (κ3) is 3.55. The maximum Gasteiger partial charge on any atom is 0.293 e. The molecule has 0 spiro atoms. The topological polar surface area (TPSA) is 97.4 Å². The predicted molar refractivity (Wildman–Crippen MR) is 59.2 cm³/mol. The molecule has 0 aromatic rings. The zero-order valence-corrected chi connectivity index (χ0v) is 10.7. The molecule has 0 bridgehead atoms. The highest BCUT2D eigenvalue weighted by atomic mass is 35.5. The van der Waals surface area contributed by atoms with Crippen LogP contribution in [-0.4, -0.2) is 63.1 Å². The molecule has 0 aromatic heterocycles. The Kier molecular flexibility index (Phi) is 6.54. The maximum atomic E-state index is 10.5. The zero-order chi connectivity index (χ0) is 14.3. The Morgan fingerprint density at radius 1 is 1.00 bits per heavy atom. The molecule has 1 rings (SSSR count). The van der Waals surface area contributed by atoms with E-state index in [1.165, 1.54) is 7.11 Å². The van der Waals surface area contributed by atoms with E-state index in [1.54, 1.807) is 0 Å². The Labute approximate surface area is 113 Å². The Morgan fingerprint density at radius 2 is 1.53 bits per heavy atom. The largest absolute Gasteiger partial charge is 0.458 e. The van der Waals surface area contributed by atoms with Crippen molar-refractivity contribution in [1.82, 2.24) is 0 Å². The average Bonchev–Trinajstić information content (AvgIpc) is 2.43. The Morgan fingerprint density at radius 3 is 2.00 bits per heavy atom. The first-order valence-electron chi connectivity index (χ1n) is 5.25. The minimum atomic E-state index is -1.07. The van der Waals surface area contributed by atoms with E-state index in [0.717, 1.165) is 0 Å². The molecule has 1 heterocycles. The van der Waals surface area contributed by atoms with Crippen LogP contribution in [-0.2, 0) is 38.1 Å². The van der Waals surface area contributed by atoms with Gasteiger partial charge in [0.2, 0.25) is 0 Å².